The van der Waals surface area contributed by atoms with Crippen molar-refractivity contribution in [3.8, 4) is 11.1 Å². The van der Waals surface area contributed by atoms with Gasteiger partial charge in [-0.1, -0.05) is 111 Å². The molecule has 0 N–H and O–H groups in total. The zero-order valence-corrected chi connectivity index (χ0v) is 25.7. The molecule has 0 radical (unpaired) electrons. The quantitative estimate of drug-likeness (QED) is 0.139. The van der Waals surface area contributed by atoms with Gasteiger partial charge in [-0.3, -0.25) is 0 Å². The highest BCUT2D eigenvalue weighted by molar-refractivity contribution is 7.99. The Balaban J connectivity index is 1.39. The molecule has 0 bridgehead atoms. The highest BCUT2D eigenvalue weighted by Crippen LogP contribution is 2.57. The summed E-state index contributed by atoms with van der Waals surface area (Å²) in [7, 11) is 0. The first kappa shape index (κ1) is 25.2. The molecule has 10 rings (SSSR count). The van der Waals surface area contributed by atoms with E-state index in [9.17, 15) is 0 Å². The Bertz CT molecular complexity index is 2330. The molecular formula is C40H26BN3S. The molecule has 6 aromatic carbocycles. The van der Waals surface area contributed by atoms with Crippen molar-refractivity contribution in [2.45, 2.75) is 29.1 Å². The van der Waals surface area contributed by atoms with Crippen LogP contribution in [0.3, 0.4) is 0 Å². The molecule has 210 valence electrons. The normalized spacial score (nSPS) is 15.3. The Hall–Kier alpha value is -5.18. The van der Waals surface area contributed by atoms with Crippen LogP contribution < -0.4 is 26.2 Å². The van der Waals surface area contributed by atoms with Crippen molar-refractivity contribution in [2.24, 2.45) is 0 Å². The minimum Gasteiger partial charge on any atom is -0.311 e. The Morgan fingerprint density at radius 3 is 2.07 bits per heavy atom. The lowest BCUT2D eigenvalue weighted by Crippen LogP contribution is -2.62. The Kier molecular flexibility index (Phi) is 4.88. The number of hydrogen-bond acceptors (Lipinski definition) is 3. The van der Waals surface area contributed by atoms with Gasteiger partial charge in [-0.25, -0.2) is 4.85 Å². The fraction of sp³-hybridized carbons (Fsp3) is 0.0750. The first-order valence-corrected chi connectivity index (χ1v) is 16.3. The fourth-order valence-electron chi connectivity index (χ4n) is 8.31. The van der Waals surface area contributed by atoms with Gasteiger partial charge in [-0.05, 0) is 75.0 Å². The van der Waals surface area contributed by atoms with Crippen LogP contribution in [0.5, 0.6) is 0 Å². The van der Waals surface area contributed by atoms with Crippen molar-refractivity contribution in [1.29, 1.82) is 0 Å². The predicted octanol–water partition coefficient (Wildman–Crippen LogP) is 9.09. The van der Waals surface area contributed by atoms with Crippen molar-refractivity contribution >= 4 is 74.7 Å². The first-order valence-electron chi connectivity index (χ1n) is 15.4. The van der Waals surface area contributed by atoms with Gasteiger partial charge in [0.1, 0.15) is 0 Å². The molecule has 0 spiro atoms. The molecule has 0 atom stereocenters. The van der Waals surface area contributed by atoms with Crippen LogP contribution in [0.4, 0.5) is 39.8 Å². The molecule has 0 aliphatic carbocycles. The molecule has 3 nitrogen and oxygen atoms in total. The smallest absolute Gasteiger partial charge is 0.252 e. The maximum absolute atomic E-state index is 8.02. The molecule has 0 amide bonds. The summed E-state index contributed by atoms with van der Waals surface area (Å²) in [5.41, 5.74) is 16.7. The number of para-hydroxylation sites is 5. The average Bonchev–Trinajstić information content (AvgIpc) is 3.08. The van der Waals surface area contributed by atoms with Gasteiger partial charge in [0, 0.05) is 32.3 Å². The Morgan fingerprint density at radius 1 is 0.622 bits per heavy atom. The summed E-state index contributed by atoms with van der Waals surface area (Å²) in [6, 6.07) is 44.2. The Morgan fingerprint density at radius 2 is 1.24 bits per heavy atom. The SMILES string of the molecule is [C-]#[N+]c1ccccc1-c1cc2c3c(c1)N1c4ccccc4C(C)(C)c4cccc(c41)B3c1cccc3c1N2c1ccccc1S3. The van der Waals surface area contributed by atoms with Gasteiger partial charge in [0.25, 0.3) is 6.71 Å². The lowest BCUT2D eigenvalue weighted by atomic mass is 9.33. The van der Waals surface area contributed by atoms with Crippen LogP contribution in [-0.4, -0.2) is 6.71 Å². The zero-order valence-electron chi connectivity index (χ0n) is 24.9. The summed E-state index contributed by atoms with van der Waals surface area (Å²) in [6.07, 6.45) is 0. The van der Waals surface area contributed by atoms with E-state index in [-0.39, 0.29) is 12.1 Å². The summed E-state index contributed by atoms with van der Waals surface area (Å²) in [5, 5.41) is 0. The van der Waals surface area contributed by atoms with E-state index in [1.165, 1.54) is 71.4 Å². The van der Waals surface area contributed by atoms with Gasteiger partial charge in [-0.2, -0.15) is 0 Å². The molecule has 5 heteroatoms. The minimum absolute atomic E-state index is 0.0875. The van der Waals surface area contributed by atoms with Crippen LogP contribution in [0.1, 0.15) is 25.0 Å². The van der Waals surface area contributed by atoms with E-state index in [2.05, 4.69) is 132 Å². The predicted molar refractivity (Wildman–Crippen MR) is 188 cm³/mol. The molecule has 0 unspecified atom stereocenters. The van der Waals surface area contributed by atoms with Gasteiger partial charge >= 0.3 is 0 Å². The third-order valence-corrected chi connectivity index (χ3v) is 11.3. The van der Waals surface area contributed by atoms with Crippen molar-refractivity contribution in [2.75, 3.05) is 9.80 Å². The maximum atomic E-state index is 8.02. The van der Waals surface area contributed by atoms with Crippen LogP contribution in [-0.2, 0) is 5.41 Å². The second-order valence-electron chi connectivity index (χ2n) is 12.8. The third kappa shape index (κ3) is 3.12. The van der Waals surface area contributed by atoms with Crippen LogP contribution in [0.2, 0.25) is 0 Å². The van der Waals surface area contributed by atoms with Gasteiger partial charge in [0.05, 0.1) is 23.6 Å². The molecule has 4 aliphatic rings. The van der Waals surface area contributed by atoms with Crippen molar-refractivity contribution < 1.29 is 0 Å². The van der Waals surface area contributed by atoms with E-state index < -0.39 is 0 Å². The summed E-state index contributed by atoms with van der Waals surface area (Å²) in [4.78, 5) is 11.5. The number of nitrogens with zero attached hydrogens (tertiary/aromatic N) is 3. The molecule has 4 heterocycles. The summed E-state index contributed by atoms with van der Waals surface area (Å²) in [6.45, 7) is 12.8. The average molecular weight is 592 g/mol. The maximum Gasteiger partial charge on any atom is 0.252 e. The molecular weight excluding hydrogens is 565 g/mol. The largest absolute Gasteiger partial charge is 0.311 e. The molecule has 0 saturated heterocycles. The first-order chi connectivity index (χ1) is 22.1. The fourth-order valence-corrected chi connectivity index (χ4v) is 9.41. The summed E-state index contributed by atoms with van der Waals surface area (Å²) < 4.78 is 0. The van der Waals surface area contributed by atoms with Gasteiger partial charge in [0.2, 0.25) is 0 Å². The van der Waals surface area contributed by atoms with Crippen LogP contribution in [0, 0.1) is 6.57 Å². The third-order valence-electron chi connectivity index (χ3n) is 10.2. The molecule has 4 aliphatic heterocycles. The van der Waals surface area contributed by atoms with E-state index in [4.69, 9.17) is 6.57 Å². The minimum atomic E-state index is -0.154. The molecule has 0 saturated carbocycles. The van der Waals surface area contributed by atoms with E-state index in [0.29, 0.717) is 5.69 Å². The second kappa shape index (κ2) is 8.72. The van der Waals surface area contributed by atoms with Crippen LogP contribution in [0.15, 0.2) is 131 Å². The highest BCUT2D eigenvalue weighted by atomic mass is 32.2. The van der Waals surface area contributed by atoms with Gasteiger partial charge < -0.3 is 9.80 Å². The molecule has 6 aromatic rings. The van der Waals surface area contributed by atoms with E-state index in [0.717, 1.165) is 11.1 Å². The number of benzene rings is 6. The topological polar surface area (TPSA) is 10.8 Å². The van der Waals surface area contributed by atoms with Gasteiger partial charge in [0.15, 0.2) is 5.69 Å². The van der Waals surface area contributed by atoms with E-state index >= 15 is 0 Å². The lowest BCUT2D eigenvalue weighted by Gasteiger charge is -2.50. The molecule has 45 heavy (non-hydrogen) atoms. The summed E-state index contributed by atoms with van der Waals surface area (Å²) in [5.74, 6) is 0. The number of rotatable bonds is 1. The highest BCUT2D eigenvalue weighted by Gasteiger charge is 2.49. The lowest BCUT2D eigenvalue weighted by molar-refractivity contribution is 0.632. The number of hydrogen-bond donors (Lipinski definition) is 0. The standard InChI is InChI=1S/C40H26BN3S/c1-40(2)26-13-5-7-18-31(26)43-33-22-24(25-12-4-6-17-30(25)42-3)23-34-37(33)41(28-15-10-14-27(40)38(28)43)29-16-11-21-36-39(29)44(34)32-19-8-9-20-35(32)45-36/h4-23H,1-2H3. The van der Waals surface area contributed by atoms with Crippen LogP contribution >= 0.6 is 11.8 Å². The summed E-state index contributed by atoms with van der Waals surface area (Å²) >= 11 is 1.86. The van der Waals surface area contributed by atoms with E-state index in [1.54, 1.807) is 0 Å². The monoisotopic (exact) mass is 591 g/mol. The van der Waals surface area contributed by atoms with Gasteiger partial charge in [-0.15, -0.1) is 0 Å². The van der Waals surface area contributed by atoms with E-state index in [1.807, 2.05) is 30.0 Å². The van der Waals surface area contributed by atoms with Crippen LogP contribution in [0.25, 0.3) is 16.0 Å². The number of fused-ring (bicyclic) bond motifs is 8. The molecule has 0 fully saturated rings. The zero-order chi connectivity index (χ0) is 30.0. The van der Waals surface area contributed by atoms with Crippen molar-refractivity contribution in [3.05, 3.63) is 144 Å². The number of anilines is 6. The van der Waals surface area contributed by atoms with Crippen molar-refractivity contribution in [3.63, 3.8) is 0 Å². The second-order valence-corrected chi connectivity index (χ2v) is 13.9. The Labute approximate surface area is 267 Å². The molecule has 0 aromatic heterocycles. The van der Waals surface area contributed by atoms with Crippen molar-refractivity contribution in [1.82, 2.24) is 0 Å².